The van der Waals surface area contributed by atoms with E-state index in [-0.39, 0.29) is 10.7 Å². The zero-order chi connectivity index (χ0) is 20.3. The van der Waals surface area contributed by atoms with Crippen LogP contribution >= 0.6 is 12.2 Å². The molecular weight excluding hydrogens is 380 g/mol. The second-order valence-corrected chi connectivity index (χ2v) is 6.13. The minimum Gasteiger partial charge on any atom is -0.496 e. The average Bonchev–Trinajstić information content (AvgIpc) is 2.71. The summed E-state index contributed by atoms with van der Waals surface area (Å²) < 4.78 is 16.0. The van der Waals surface area contributed by atoms with Gasteiger partial charge in [0.15, 0.2) is 5.11 Å². The number of nitrogens with zero attached hydrogens (tertiary/aromatic N) is 1. The third kappa shape index (κ3) is 3.54. The van der Waals surface area contributed by atoms with Crippen LogP contribution in [0.5, 0.6) is 17.2 Å². The molecule has 0 saturated carbocycles. The van der Waals surface area contributed by atoms with E-state index < -0.39 is 11.8 Å². The Bertz CT molecular complexity index is 947. The summed E-state index contributed by atoms with van der Waals surface area (Å²) in [7, 11) is 4.47. The highest BCUT2D eigenvalue weighted by Crippen LogP contribution is 2.36. The molecule has 1 aliphatic heterocycles. The van der Waals surface area contributed by atoms with E-state index in [2.05, 4.69) is 5.32 Å². The monoisotopic (exact) mass is 398 g/mol. The number of carbonyl (C=O) groups excluding carboxylic acids is 2. The van der Waals surface area contributed by atoms with Crippen molar-refractivity contribution in [1.29, 1.82) is 0 Å². The number of ether oxygens (including phenoxy) is 3. The number of para-hydroxylation sites is 1. The molecule has 0 atom stereocenters. The van der Waals surface area contributed by atoms with Gasteiger partial charge < -0.3 is 14.2 Å². The first-order chi connectivity index (χ1) is 13.5. The quantitative estimate of drug-likeness (QED) is 0.474. The third-order valence-electron chi connectivity index (χ3n) is 4.16. The lowest BCUT2D eigenvalue weighted by molar-refractivity contribution is -0.122. The number of hydrogen-bond acceptors (Lipinski definition) is 6. The van der Waals surface area contributed by atoms with Crippen LogP contribution < -0.4 is 24.4 Å². The molecule has 1 aliphatic rings. The SMILES string of the molecule is COc1cc(OC)c(/C=C2\C(=O)NC(=S)N(c3ccccc3)C2=O)c(OC)c1. The van der Waals surface area contributed by atoms with Crippen molar-refractivity contribution in [3.05, 3.63) is 53.6 Å². The number of nitrogens with one attached hydrogen (secondary N) is 1. The zero-order valence-corrected chi connectivity index (χ0v) is 16.3. The molecule has 3 rings (SSSR count). The molecule has 0 unspecified atom stereocenters. The second-order valence-electron chi connectivity index (χ2n) is 5.74. The van der Waals surface area contributed by atoms with Crippen molar-refractivity contribution < 1.29 is 23.8 Å². The van der Waals surface area contributed by atoms with E-state index in [1.807, 2.05) is 6.07 Å². The zero-order valence-electron chi connectivity index (χ0n) is 15.5. The number of rotatable bonds is 5. The van der Waals surface area contributed by atoms with Crippen molar-refractivity contribution in [2.24, 2.45) is 0 Å². The molecular formula is C20H18N2O5S. The van der Waals surface area contributed by atoms with Crippen LogP contribution in [-0.2, 0) is 9.59 Å². The standard InChI is InChI=1S/C20H18N2O5S/c1-25-13-9-16(26-2)14(17(10-13)27-3)11-15-18(23)21-20(28)22(19(15)24)12-7-5-4-6-8-12/h4-11H,1-3H3,(H,21,23,28)/b15-11+. The van der Waals surface area contributed by atoms with Gasteiger partial charge in [0.1, 0.15) is 22.8 Å². The van der Waals surface area contributed by atoms with Crippen molar-refractivity contribution >= 4 is 40.9 Å². The van der Waals surface area contributed by atoms with Crippen LogP contribution in [0.15, 0.2) is 48.0 Å². The van der Waals surface area contributed by atoms with Gasteiger partial charge in [-0.3, -0.25) is 19.8 Å². The summed E-state index contributed by atoms with van der Waals surface area (Å²) in [6, 6.07) is 12.1. The molecule has 2 aromatic carbocycles. The lowest BCUT2D eigenvalue weighted by atomic mass is 10.0. The number of methoxy groups -OCH3 is 3. The lowest BCUT2D eigenvalue weighted by Gasteiger charge is -2.29. The van der Waals surface area contributed by atoms with Crippen molar-refractivity contribution in [3.63, 3.8) is 0 Å². The van der Waals surface area contributed by atoms with Gasteiger partial charge in [-0.05, 0) is 30.4 Å². The molecule has 0 bridgehead atoms. The number of carbonyl (C=O) groups is 2. The van der Waals surface area contributed by atoms with Crippen LogP contribution in [0.1, 0.15) is 5.56 Å². The van der Waals surface area contributed by atoms with E-state index in [4.69, 9.17) is 26.4 Å². The van der Waals surface area contributed by atoms with E-state index in [1.165, 1.54) is 32.3 Å². The molecule has 0 aromatic heterocycles. The Morgan fingerprint density at radius 1 is 0.964 bits per heavy atom. The molecule has 8 heteroatoms. The summed E-state index contributed by atoms with van der Waals surface area (Å²) in [4.78, 5) is 26.8. The first kappa shape index (κ1) is 19.4. The van der Waals surface area contributed by atoms with E-state index >= 15 is 0 Å². The van der Waals surface area contributed by atoms with Crippen molar-refractivity contribution in [3.8, 4) is 17.2 Å². The topological polar surface area (TPSA) is 77.1 Å². The first-order valence-corrected chi connectivity index (χ1v) is 8.67. The maximum absolute atomic E-state index is 13.1. The molecule has 7 nitrogen and oxygen atoms in total. The van der Waals surface area contributed by atoms with E-state index in [0.717, 1.165) is 0 Å². The summed E-state index contributed by atoms with van der Waals surface area (Å²) in [5.41, 5.74) is 0.890. The predicted molar refractivity (Wildman–Crippen MR) is 109 cm³/mol. The maximum Gasteiger partial charge on any atom is 0.270 e. The highest BCUT2D eigenvalue weighted by atomic mass is 32.1. The highest BCUT2D eigenvalue weighted by molar-refractivity contribution is 7.80. The van der Waals surface area contributed by atoms with Crippen LogP contribution in [0.4, 0.5) is 5.69 Å². The minimum absolute atomic E-state index is 0.0204. The average molecular weight is 398 g/mol. The van der Waals surface area contributed by atoms with Gasteiger partial charge in [0.05, 0.1) is 32.6 Å². The molecule has 0 radical (unpaired) electrons. The van der Waals surface area contributed by atoms with Crippen molar-refractivity contribution in [2.75, 3.05) is 26.2 Å². The Labute approximate surface area is 167 Å². The molecule has 0 aliphatic carbocycles. The van der Waals surface area contributed by atoms with Gasteiger partial charge in [0.2, 0.25) is 0 Å². The number of anilines is 1. The van der Waals surface area contributed by atoms with Crippen molar-refractivity contribution in [1.82, 2.24) is 5.32 Å². The van der Waals surface area contributed by atoms with Crippen LogP contribution in [0.25, 0.3) is 6.08 Å². The van der Waals surface area contributed by atoms with E-state index in [9.17, 15) is 9.59 Å². The molecule has 1 fully saturated rings. The number of benzene rings is 2. The normalized spacial score (nSPS) is 15.5. The summed E-state index contributed by atoms with van der Waals surface area (Å²) >= 11 is 5.19. The predicted octanol–water partition coefficient (Wildman–Crippen LogP) is 2.54. The van der Waals surface area contributed by atoms with Crippen LogP contribution in [-0.4, -0.2) is 38.3 Å². The van der Waals surface area contributed by atoms with Gasteiger partial charge in [-0.1, -0.05) is 18.2 Å². The van der Waals surface area contributed by atoms with Crippen LogP contribution in [0.2, 0.25) is 0 Å². The molecule has 28 heavy (non-hydrogen) atoms. The van der Waals surface area contributed by atoms with Crippen LogP contribution in [0.3, 0.4) is 0 Å². The molecule has 1 saturated heterocycles. The van der Waals surface area contributed by atoms with Gasteiger partial charge in [0, 0.05) is 12.1 Å². The Hall–Kier alpha value is -3.39. The van der Waals surface area contributed by atoms with Gasteiger partial charge in [-0.25, -0.2) is 0 Å². The molecule has 0 spiro atoms. The minimum atomic E-state index is -0.595. The number of amides is 2. The summed E-state index contributed by atoms with van der Waals surface area (Å²) in [5.74, 6) is 0.164. The molecule has 1 heterocycles. The molecule has 2 aromatic rings. The van der Waals surface area contributed by atoms with Crippen molar-refractivity contribution in [2.45, 2.75) is 0 Å². The van der Waals surface area contributed by atoms with E-state index in [1.54, 1.807) is 36.4 Å². The van der Waals surface area contributed by atoms with Gasteiger partial charge in [-0.15, -0.1) is 0 Å². The number of hydrogen-bond donors (Lipinski definition) is 1. The smallest absolute Gasteiger partial charge is 0.270 e. The lowest BCUT2D eigenvalue weighted by Crippen LogP contribution is -2.54. The largest absolute Gasteiger partial charge is 0.496 e. The Balaban J connectivity index is 2.12. The fraction of sp³-hybridized carbons (Fsp3) is 0.150. The van der Waals surface area contributed by atoms with Gasteiger partial charge in [0.25, 0.3) is 11.8 Å². The maximum atomic E-state index is 13.1. The molecule has 1 N–H and O–H groups in total. The van der Waals surface area contributed by atoms with E-state index in [0.29, 0.717) is 28.5 Å². The summed E-state index contributed by atoms with van der Waals surface area (Å²) in [6.07, 6.45) is 1.42. The summed E-state index contributed by atoms with van der Waals surface area (Å²) in [5, 5.41) is 2.57. The second kappa shape index (κ2) is 8.10. The highest BCUT2D eigenvalue weighted by Gasteiger charge is 2.35. The summed E-state index contributed by atoms with van der Waals surface area (Å²) in [6.45, 7) is 0. The van der Waals surface area contributed by atoms with Crippen LogP contribution in [0, 0.1) is 0 Å². The third-order valence-corrected chi connectivity index (χ3v) is 4.44. The first-order valence-electron chi connectivity index (χ1n) is 8.26. The Kier molecular flexibility index (Phi) is 5.60. The molecule has 144 valence electrons. The fourth-order valence-electron chi connectivity index (χ4n) is 2.79. The fourth-order valence-corrected chi connectivity index (χ4v) is 3.07. The molecule has 2 amide bonds. The Morgan fingerprint density at radius 2 is 1.57 bits per heavy atom. The number of thiocarbonyl (C=S) groups is 1. The Morgan fingerprint density at radius 3 is 2.11 bits per heavy atom. The van der Waals surface area contributed by atoms with Gasteiger partial charge >= 0.3 is 0 Å². The van der Waals surface area contributed by atoms with Gasteiger partial charge in [-0.2, -0.15) is 0 Å².